The van der Waals surface area contributed by atoms with Gasteiger partial charge in [-0.15, -0.1) is 0 Å². The van der Waals surface area contributed by atoms with E-state index in [1.807, 2.05) is 21.1 Å². The summed E-state index contributed by atoms with van der Waals surface area (Å²) in [5.41, 5.74) is 0. The van der Waals surface area contributed by atoms with E-state index in [1.165, 1.54) is 63.9 Å². The molecule has 0 aliphatic carbocycles. The molecule has 252 valence electrons. The number of allylic oxidation sites excluding steroid dienone is 1. The minimum absolute atomic E-state index is 0.0101. The molecule has 11 nitrogen and oxygen atoms in total. The molecular weight excluding hydrogens is 577 g/mol. The van der Waals surface area contributed by atoms with Crippen LogP contribution >= 0.6 is 7.82 Å². The number of hydrogen-bond acceptors (Lipinski definition) is 10. The van der Waals surface area contributed by atoms with Crippen molar-refractivity contribution in [3.8, 4) is 0 Å². The second kappa shape index (κ2) is 25.7. The third-order valence-corrected chi connectivity index (χ3v) is 7.66. The van der Waals surface area contributed by atoms with Crippen LogP contribution in [0.25, 0.3) is 0 Å². The van der Waals surface area contributed by atoms with Crippen molar-refractivity contribution in [2.45, 2.75) is 122 Å². The lowest BCUT2D eigenvalue weighted by Crippen LogP contribution is -2.37. The number of carbonyl (C=O) groups is 3. The van der Waals surface area contributed by atoms with Gasteiger partial charge in [0.05, 0.1) is 33.9 Å². The standard InChI is InChI=1S/C31H58NO10P/c1-5-6-7-8-9-10-11-12-13-14-15-16-17-20-30(35)39-26-29(42-31(36)22-21-28(34)19-18-24-33)27-41-43(37,38)40-25-23-32(2,3)4/h18-19,24,28-29,34H,5-17,20-23,25-27H2,1-4H3/b19-18+. The minimum Gasteiger partial charge on any atom is -0.756 e. The maximum Gasteiger partial charge on any atom is 0.306 e. The van der Waals surface area contributed by atoms with Gasteiger partial charge in [0.2, 0.25) is 0 Å². The lowest BCUT2D eigenvalue weighted by atomic mass is 10.0. The Balaban J connectivity index is 4.47. The summed E-state index contributed by atoms with van der Waals surface area (Å²) in [6, 6.07) is 0. The molecule has 0 aliphatic heterocycles. The van der Waals surface area contributed by atoms with Crippen molar-refractivity contribution in [2.24, 2.45) is 0 Å². The van der Waals surface area contributed by atoms with Crippen molar-refractivity contribution in [3.05, 3.63) is 12.2 Å². The highest BCUT2D eigenvalue weighted by molar-refractivity contribution is 7.45. The molecule has 0 aromatic carbocycles. The number of unbranched alkanes of at least 4 members (excludes halogenated alkanes) is 12. The summed E-state index contributed by atoms with van der Waals surface area (Å²) >= 11 is 0. The quantitative estimate of drug-likeness (QED) is 0.0296. The molecule has 0 spiro atoms. The van der Waals surface area contributed by atoms with Gasteiger partial charge in [0, 0.05) is 12.8 Å². The first-order valence-corrected chi connectivity index (χ1v) is 17.4. The number of carbonyl (C=O) groups excluding carboxylic acids is 3. The average Bonchev–Trinajstić information content (AvgIpc) is 2.93. The average molecular weight is 636 g/mol. The molecular formula is C31H58NO10P. The van der Waals surface area contributed by atoms with Crippen LogP contribution in [-0.2, 0) is 37.5 Å². The van der Waals surface area contributed by atoms with E-state index in [1.54, 1.807) is 0 Å². The van der Waals surface area contributed by atoms with Crippen LogP contribution < -0.4 is 4.89 Å². The van der Waals surface area contributed by atoms with E-state index in [0.717, 1.165) is 25.3 Å². The number of nitrogens with zero attached hydrogens (tertiary/aromatic N) is 1. The zero-order chi connectivity index (χ0) is 32.4. The third-order valence-electron chi connectivity index (χ3n) is 6.70. The van der Waals surface area contributed by atoms with Crippen LogP contribution in [0.2, 0.25) is 0 Å². The Morgan fingerprint density at radius 1 is 0.837 bits per heavy atom. The summed E-state index contributed by atoms with van der Waals surface area (Å²) in [5.74, 6) is -1.21. The number of rotatable bonds is 29. The number of aliphatic hydroxyl groups excluding tert-OH is 1. The number of phosphoric ester groups is 1. The largest absolute Gasteiger partial charge is 0.756 e. The fourth-order valence-corrected chi connectivity index (χ4v) is 4.81. The van der Waals surface area contributed by atoms with Gasteiger partial charge in [-0.1, -0.05) is 90.0 Å². The molecule has 0 aliphatic rings. The van der Waals surface area contributed by atoms with Gasteiger partial charge >= 0.3 is 11.9 Å². The van der Waals surface area contributed by atoms with Gasteiger partial charge < -0.3 is 33.0 Å². The van der Waals surface area contributed by atoms with E-state index < -0.39 is 38.6 Å². The van der Waals surface area contributed by atoms with Crippen molar-refractivity contribution in [3.63, 3.8) is 0 Å². The van der Waals surface area contributed by atoms with Crippen molar-refractivity contribution in [2.75, 3.05) is 47.5 Å². The number of quaternary nitrogens is 1. The van der Waals surface area contributed by atoms with Crippen LogP contribution in [0.4, 0.5) is 0 Å². The summed E-state index contributed by atoms with van der Waals surface area (Å²) < 4.78 is 33.0. The summed E-state index contributed by atoms with van der Waals surface area (Å²) in [4.78, 5) is 47.1. The number of phosphoric acid groups is 1. The molecule has 43 heavy (non-hydrogen) atoms. The SMILES string of the molecule is CCCCCCCCCCCCCCCC(=O)OCC(COP(=O)([O-])OCC[N+](C)(C)C)OC(=O)CCC(O)/C=C/C=O. The zero-order valence-electron chi connectivity index (χ0n) is 27.0. The van der Waals surface area contributed by atoms with Crippen LogP contribution in [0.1, 0.15) is 110 Å². The molecule has 0 aromatic rings. The number of ether oxygens (including phenoxy) is 2. The Hall–Kier alpha value is -1.62. The van der Waals surface area contributed by atoms with Gasteiger partial charge in [-0.2, -0.15) is 0 Å². The van der Waals surface area contributed by atoms with Gasteiger partial charge in [-0.25, -0.2) is 0 Å². The summed E-state index contributed by atoms with van der Waals surface area (Å²) in [7, 11) is 0.962. The fourth-order valence-electron chi connectivity index (χ4n) is 4.08. The van der Waals surface area contributed by atoms with E-state index in [4.69, 9.17) is 18.5 Å². The van der Waals surface area contributed by atoms with Gasteiger partial charge in [0.25, 0.3) is 7.82 Å². The highest BCUT2D eigenvalue weighted by Crippen LogP contribution is 2.38. The molecule has 12 heteroatoms. The van der Waals surface area contributed by atoms with Crippen LogP contribution in [0.5, 0.6) is 0 Å². The smallest absolute Gasteiger partial charge is 0.306 e. The highest BCUT2D eigenvalue weighted by atomic mass is 31.2. The second-order valence-electron chi connectivity index (χ2n) is 12.0. The maximum absolute atomic E-state index is 12.3. The minimum atomic E-state index is -4.68. The number of hydrogen-bond donors (Lipinski definition) is 1. The molecule has 3 unspecified atom stereocenters. The maximum atomic E-state index is 12.3. The Labute approximate surface area is 259 Å². The molecule has 0 saturated heterocycles. The summed E-state index contributed by atoms with van der Waals surface area (Å²) in [6.45, 7) is 1.60. The summed E-state index contributed by atoms with van der Waals surface area (Å²) in [5, 5.41) is 9.76. The van der Waals surface area contributed by atoms with Crippen LogP contribution in [-0.4, -0.2) is 87.5 Å². The first-order chi connectivity index (χ1) is 20.4. The molecule has 3 atom stereocenters. The van der Waals surface area contributed by atoms with Crippen molar-refractivity contribution in [1.29, 1.82) is 0 Å². The second-order valence-corrected chi connectivity index (χ2v) is 13.4. The molecule has 0 radical (unpaired) electrons. The third kappa shape index (κ3) is 28.9. The van der Waals surface area contributed by atoms with E-state index >= 15 is 0 Å². The lowest BCUT2D eigenvalue weighted by molar-refractivity contribution is -0.870. The number of likely N-dealkylation sites (N-methyl/N-ethyl adjacent to an activating group) is 1. The van der Waals surface area contributed by atoms with Gasteiger partial charge in [0.15, 0.2) is 6.10 Å². The predicted molar refractivity (Wildman–Crippen MR) is 164 cm³/mol. The molecule has 1 N–H and O–H groups in total. The molecule has 0 amide bonds. The van der Waals surface area contributed by atoms with Crippen molar-refractivity contribution in [1.82, 2.24) is 0 Å². The monoisotopic (exact) mass is 635 g/mol. The van der Waals surface area contributed by atoms with E-state index in [0.29, 0.717) is 23.7 Å². The van der Waals surface area contributed by atoms with Crippen LogP contribution in [0.15, 0.2) is 12.2 Å². The number of aldehydes is 1. The topological polar surface area (TPSA) is 148 Å². The Bertz CT molecular complexity index is 815. The van der Waals surface area contributed by atoms with Crippen LogP contribution in [0.3, 0.4) is 0 Å². The first-order valence-electron chi connectivity index (χ1n) is 15.9. The Kier molecular flexibility index (Phi) is 24.7. The number of aliphatic hydroxyl groups is 1. The fraction of sp³-hybridized carbons (Fsp3) is 0.839. The van der Waals surface area contributed by atoms with Crippen molar-refractivity contribution >= 4 is 26.0 Å². The normalized spacial score (nSPS) is 14.7. The molecule has 0 heterocycles. The number of esters is 2. The molecule has 0 fully saturated rings. The first kappa shape index (κ1) is 41.4. The predicted octanol–water partition coefficient (Wildman–Crippen LogP) is 5.03. The van der Waals surface area contributed by atoms with Crippen molar-refractivity contribution < 1.29 is 52.0 Å². The summed E-state index contributed by atoms with van der Waals surface area (Å²) in [6.07, 6.45) is 16.1. The molecule has 0 bridgehead atoms. The van der Waals surface area contributed by atoms with Gasteiger partial charge in [-0.3, -0.25) is 18.9 Å². The molecule has 0 rings (SSSR count). The van der Waals surface area contributed by atoms with Gasteiger partial charge in [0.1, 0.15) is 26.0 Å². The van der Waals surface area contributed by atoms with E-state index in [-0.39, 0.29) is 32.5 Å². The zero-order valence-corrected chi connectivity index (χ0v) is 27.9. The molecule has 0 aromatic heterocycles. The highest BCUT2D eigenvalue weighted by Gasteiger charge is 2.22. The van der Waals surface area contributed by atoms with E-state index in [9.17, 15) is 28.9 Å². The Morgan fingerprint density at radius 2 is 1.40 bits per heavy atom. The lowest BCUT2D eigenvalue weighted by Gasteiger charge is -2.28. The van der Waals surface area contributed by atoms with E-state index in [2.05, 4.69) is 6.92 Å². The van der Waals surface area contributed by atoms with Gasteiger partial charge in [-0.05, 0) is 18.9 Å². The van der Waals surface area contributed by atoms with Crippen LogP contribution in [0, 0.1) is 0 Å². The molecule has 0 saturated carbocycles. The Morgan fingerprint density at radius 3 is 1.93 bits per heavy atom.